The molecule has 0 aromatic heterocycles. The normalized spacial score (nSPS) is 17.4. The lowest BCUT2D eigenvalue weighted by molar-refractivity contribution is 0.612. The molecule has 1 heterocycles. The molecular weight excluding hydrogens is 218 g/mol. The lowest BCUT2D eigenvalue weighted by Gasteiger charge is -2.43. The van der Waals surface area contributed by atoms with Crippen LogP contribution >= 0.6 is 0 Å². The van der Waals surface area contributed by atoms with Crippen LogP contribution in [0.3, 0.4) is 0 Å². The Morgan fingerprint density at radius 2 is 1.83 bits per heavy atom. The summed E-state index contributed by atoms with van der Waals surface area (Å²) in [6.45, 7) is 17.0. The molecule has 1 aliphatic rings. The van der Waals surface area contributed by atoms with Gasteiger partial charge < -0.3 is 4.90 Å². The summed E-state index contributed by atoms with van der Waals surface area (Å²) in [4.78, 5) is 2.15. The zero-order chi connectivity index (χ0) is 13.5. The molecule has 0 bridgehead atoms. The third-order valence-corrected chi connectivity index (χ3v) is 3.77. The molecule has 0 spiro atoms. The van der Waals surface area contributed by atoms with Crippen LogP contribution in [0.4, 0.5) is 5.69 Å². The van der Waals surface area contributed by atoms with Crippen molar-refractivity contribution in [2.45, 2.75) is 33.1 Å². The van der Waals surface area contributed by atoms with Crippen molar-refractivity contribution < 1.29 is 0 Å². The van der Waals surface area contributed by atoms with Gasteiger partial charge in [0.2, 0.25) is 0 Å². The van der Waals surface area contributed by atoms with Crippen molar-refractivity contribution in [2.24, 2.45) is 0 Å². The highest BCUT2D eigenvalue weighted by molar-refractivity contribution is 5.73. The molecule has 0 saturated carbocycles. The van der Waals surface area contributed by atoms with Crippen LogP contribution in [0, 0.1) is 0 Å². The van der Waals surface area contributed by atoms with Crippen molar-refractivity contribution in [1.29, 1.82) is 0 Å². The van der Waals surface area contributed by atoms with Crippen molar-refractivity contribution in [3.05, 3.63) is 66.0 Å². The average molecular weight is 239 g/mol. The topological polar surface area (TPSA) is 3.24 Å². The monoisotopic (exact) mass is 239 g/mol. The van der Waals surface area contributed by atoms with Crippen LogP contribution in [0.1, 0.15) is 33.3 Å². The van der Waals surface area contributed by atoms with E-state index in [1.54, 1.807) is 0 Å². The minimum absolute atomic E-state index is 0.0390. The second kappa shape index (κ2) is 4.16. The Kier molecular flexibility index (Phi) is 2.94. The van der Waals surface area contributed by atoms with Gasteiger partial charge in [0.15, 0.2) is 0 Å². The molecular formula is C17H21N. The van der Waals surface area contributed by atoms with Gasteiger partial charge >= 0.3 is 0 Å². The van der Waals surface area contributed by atoms with E-state index in [-0.39, 0.29) is 5.41 Å². The lowest BCUT2D eigenvalue weighted by Crippen LogP contribution is -2.35. The number of fused-ring (bicyclic) bond motifs is 1. The Balaban J connectivity index is 2.80. The van der Waals surface area contributed by atoms with E-state index in [4.69, 9.17) is 0 Å². The lowest BCUT2D eigenvalue weighted by atomic mass is 9.72. The average Bonchev–Trinajstić information content (AvgIpc) is 2.33. The molecule has 18 heavy (non-hydrogen) atoms. The first-order valence-corrected chi connectivity index (χ1v) is 6.29. The predicted molar refractivity (Wildman–Crippen MR) is 79.7 cm³/mol. The molecule has 2 rings (SSSR count). The number of allylic oxidation sites excluding steroid dienone is 2. The van der Waals surface area contributed by atoms with E-state index in [1.807, 2.05) is 6.20 Å². The smallest absolute Gasteiger partial charge is 0.0496 e. The fraction of sp³-hybridized carbons (Fsp3) is 0.294. The van der Waals surface area contributed by atoms with Crippen LogP contribution in [-0.2, 0) is 5.41 Å². The maximum Gasteiger partial charge on any atom is 0.0496 e. The van der Waals surface area contributed by atoms with E-state index in [2.05, 4.69) is 70.0 Å². The third kappa shape index (κ3) is 1.62. The zero-order valence-corrected chi connectivity index (χ0v) is 11.7. The summed E-state index contributed by atoms with van der Waals surface area (Å²) in [5.41, 5.74) is 6.08. The minimum Gasteiger partial charge on any atom is -0.317 e. The van der Waals surface area contributed by atoms with E-state index in [0.717, 1.165) is 5.57 Å². The van der Waals surface area contributed by atoms with Crippen molar-refractivity contribution in [1.82, 2.24) is 0 Å². The maximum absolute atomic E-state index is 4.32. The molecule has 1 aromatic rings. The maximum atomic E-state index is 4.32. The van der Waals surface area contributed by atoms with E-state index in [0.29, 0.717) is 0 Å². The number of nitrogens with zero attached hydrogens (tertiary/aromatic N) is 1. The van der Waals surface area contributed by atoms with Gasteiger partial charge in [0.25, 0.3) is 0 Å². The van der Waals surface area contributed by atoms with Crippen molar-refractivity contribution in [2.75, 3.05) is 4.90 Å². The summed E-state index contributed by atoms with van der Waals surface area (Å²) in [5.74, 6) is 0. The first-order chi connectivity index (χ1) is 8.41. The summed E-state index contributed by atoms with van der Waals surface area (Å²) in [5, 5.41) is 0. The summed E-state index contributed by atoms with van der Waals surface area (Å²) >= 11 is 0. The standard InChI is InChI=1S/C17H21N/c1-7-18-15-11-9-8-10-14(15)17(5,6)13(4)16(18)12(2)3/h7-11H,1,4H2,2-3,5-6H3. The van der Waals surface area contributed by atoms with Crippen LogP contribution in [-0.4, -0.2) is 0 Å². The predicted octanol–water partition coefficient (Wildman–Crippen LogP) is 4.78. The molecule has 1 nitrogen and oxygen atoms in total. The second-order valence-electron chi connectivity index (χ2n) is 5.52. The van der Waals surface area contributed by atoms with Gasteiger partial charge in [0.1, 0.15) is 0 Å². The van der Waals surface area contributed by atoms with Gasteiger partial charge in [-0.3, -0.25) is 0 Å². The molecule has 0 amide bonds. The highest BCUT2D eigenvalue weighted by Crippen LogP contribution is 2.47. The SMILES string of the molecule is C=CN1C(=C(C)C)C(=C)C(C)(C)c2ccccc21. The molecule has 1 aromatic carbocycles. The number of rotatable bonds is 1. The Hall–Kier alpha value is -1.76. The van der Waals surface area contributed by atoms with Gasteiger partial charge in [-0.25, -0.2) is 0 Å². The van der Waals surface area contributed by atoms with Crippen LogP contribution in [0.5, 0.6) is 0 Å². The zero-order valence-electron chi connectivity index (χ0n) is 11.7. The summed E-state index contributed by atoms with van der Waals surface area (Å²) in [7, 11) is 0. The fourth-order valence-corrected chi connectivity index (χ4v) is 2.67. The molecule has 0 aliphatic carbocycles. The molecule has 0 atom stereocenters. The van der Waals surface area contributed by atoms with Crippen LogP contribution in [0.15, 0.2) is 60.5 Å². The Morgan fingerprint density at radius 1 is 1.22 bits per heavy atom. The fourth-order valence-electron chi connectivity index (χ4n) is 2.67. The molecule has 0 radical (unpaired) electrons. The number of hydrogen-bond donors (Lipinski definition) is 0. The minimum atomic E-state index is -0.0390. The van der Waals surface area contributed by atoms with Crippen LogP contribution in [0.2, 0.25) is 0 Å². The summed E-state index contributed by atoms with van der Waals surface area (Å²) in [6.07, 6.45) is 1.88. The van der Waals surface area contributed by atoms with Gasteiger partial charge in [-0.2, -0.15) is 0 Å². The number of anilines is 1. The third-order valence-electron chi connectivity index (χ3n) is 3.77. The molecule has 0 unspecified atom stereocenters. The number of benzene rings is 1. The Bertz CT molecular complexity index is 542. The van der Waals surface area contributed by atoms with Gasteiger partial charge in [-0.1, -0.05) is 50.8 Å². The molecule has 0 N–H and O–H groups in total. The van der Waals surface area contributed by atoms with Gasteiger partial charge in [-0.05, 0) is 31.1 Å². The van der Waals surface area contributed by atoms with Gasteiger partial charge in [0.05, 0.1) is 0 Å². The number of para-hydroxylation sites is 1. The molecule has 1 aliphatic heterocycles. The van der Waals surface area contributed by atoms with Crippen molar-refractivity contribution in [3.8, 4) is 0 Å². The first kappa shape index (κ1) is 12.7. The summed E-state index contributed by atoms with van der Waals surface area (Å²) < 4.78 is 0. The quantitative estimate of drug-likeness (QED) is 0.682. The number of hydrogen-bond acceptors (Lipinski definition) is 1. The molecule has 0 fully saturated rings. The molecule has 94 valence electrons. The highest BCUT2D eigenvalue weighted by Gasteiger charge is 2.36. The van der Waals surface area contributed by atoms with E-state index < -0.39 is 0 Å². The van der Waals surface area contributed by atoms with Crippen LogP contribution in [0.25, 0.3) is 0 Å². The Morgan fingerprint density at radius 3 is 2.39 bits per heavy atom. The van der Waals surface area contributed by atoms with E-state index in [1.165, 1.54) is 22.5 Å². The largest absolute Gasteiger partial charge is 0.317 e. The van der Waals surface area contributed by atoms with Gasteiger partial charge in [-0.15, -0.1) is 0 Å². The van der Waals surface area contributed by atoms with Gasteiger partial charge in [0, 0.05) is 23.0 Å². The Labute approximate surface area is 110 Å². The molecule has 0 saturated heterocycles. The highest BCUT2D eigenvalue weighted by atomic mass is 15.1. The second-order valence-corrected chi connectivity index (χ2v) is 5.52. The van der Waals surface area contributed by atoms with E-state index in [9.17, 15) is 0 Å². The van der Waals surface area contributed by atoms with E-state index >= 15 is 0 Å². The summed E-state index contributed by atoms with van der Waals surface area (Å²) in [6, 6.07) is 8.48. The van der Waals surface area contributed by atoms with Crippen molar-refractivity contribution >= 4 is 5.69 Å². The van der Waals surface area contributed by atoms with Crippen molar-refractivity contribution in [3.63, 3.8) is 0 Å². The van der Waals surface area contributed by atoms with Crippen LogP contribution < -0.4 is 4.90 Å². The first-order valence-electron chi connectivity index (χ1n) is 6.29. The molecule has 1 heteroatoms.